The van der Waals surface area contributed by atoms with Crippen LogP contribution in [0.3, 0.4) is 0 Å². The number of methoxy groups -OCH3 is 1. The zero-order valence-corrected chi connectivity index (χ0v) is 10.7. The Morgan fingerprint density at radius 2 is 1.94 bits per heavy atom. The molecule has 0 heterocycles. The van der Waals surface area contributed by atoms with E-state index in [0.717, 1.165) is 6.42 Å². The predicted molar refractivity (Wildman–Crippen MR) is 61.4 cm³/mol. The van der Waals surface area contributed by atoms with Gasteiger partial charge in [0, 0.05) is 26.8 Å². The highest BCUT2D eigenvalue weighted by molar-refractivity contribution is 5.68. The van der Waals surface area contributed by atoms with Gasteiger partial charge in [0.15, 0.2) is 0 Å². The third kappa shape index (κ3) is 7.48. The first-order chi connectivity index (χ1) is 7.40. The normalized spacial score (nSPS) is 11.3. The van der Waals surface area contributed by atoms with Crippen molar-refractivity contribution in [1.82, 2.24) is 4.90 Å². The lowest BCUT2D eigenvalue weighted by Crippen LogP contribution is -2.39. The molecule has 0 rings (SSSR count). The topological polar surface area (TPSA) is 59.0 Å². The Labute approximate surface area is 97.3 Å². The summed E-state index contributed by atoms with van der Waals surface area (Å²) in [5.41, 5.74) is -0.508. The first kappa shape index (κ1) is 15.2. The van der Waals surface area contributed by atoms with Gasteiger partial charge in [-0.15, -0.1) is 0 Å². The lowest BCUT2D eigenvalue weighted by Gasteiger charge is -2.26. The molecular weight excluding hydrogens is 210 g/mol. The number of aliphatic hydroxyl groups is 1. The molecule has 0 atom stereocenters. The summed E-state index contributed by atoms with van der Waals surface area (Å²) in [6.07, 6.45) is 0.341. The molecule has 0 aliphatic rings. The molecule has 5 heteroatoms. The molecule has 0 aliphatic heterocycles. The van der Waals surface area contributed by atoms with Gasteiger partial charge in [0.2, 0.25) is 0 Å². The summed E-state index contributed by atoms with van der Waals surface area (Å²) in [5, 5.41) is 8.86. The number of nitrogens with zero attached hydrogens (tertiary/aromatic N) is 1. The molecule has 0 aromatic rings. The van der Waals surface area contributed by atoms with E-state index in [1.807, 2.05) is 20.8 Å². The SMILES string of the molecule is COCCCN(CCO)C(=O)OC(C)(C)C. The van der Waals surface area contributed by atoms with Crippen LogP contribution in [0.2, 0.25) is 0 Å². The molecule has 0 aromatic heterocycles. The molecule has 96 valence electrons. The number of hydrogen-bond donors (Lipinski definition) is 1. The fraction of sp³-hybridized carbons (Fsp3) is 0.909. The Hall–Kier alpha value is -0.810. The van der Waals surface area contributed by atoms with E-state index in [9.17, 15) is 4.79 Å². The lowest BCUT2D eigenvalue weighted by molar-refractivity contribution is 0.0204. The van der Waals surface area contributed by atoms with Crippen molar-refractivity contribution in [3.63, 3.8) is 0 Å². The van der Waals surface area contributed by atoms with E-state index >= 15 is 0 Å². The Kier molecular flexibility index (Phi) is 7.08. The van der Waals surface area contributed by atoms with E-state index in [2.05, 4.69) is 0 Å². The largest absolute Gasteiger partial charge is 0.444 e. The number of aliphatic hydroxyl groups excluding tert-OH is 1. The van der Waals surface area contributed by atoms with Gasteiger partial charge in [-0.2, -0.15) is 0 Å². The van der Waals surface area contributed by atoms with E-state index in [-0.39, 0.29) is 6.61 Å². The van der Waals surface area contributed by atoms with Gasteiger partial charge < -0.3 is 19.5 Å². The molecular formula is C11H23NO4. The molecule has 16 heavy (non-hydrogen) atoms. The summed E-state index contributed by atoms with van der Waals surface area (Å²) < 4.78 is 10.1. The van der Waals surface area contributed by atoms with Gasteiger partial charge in [0.25, 0.3) is 0 Å². The minimum Gasteiger partial charge on any atom is -0.444 e. The molecule has 0 spiro atoms. The van der Waals surface area contributed by atoms with E-state index in [1.165, 1.54) is 4.90 Å². The Morgan fingerprint density at radius 3 is 2.38 bits per heavy atom. The molecule has 1 amide bonds. The number of ether oxygens (including phenoxy) is 2. The van der Waals surface area contributed by atoms with Crippen molar-refractivity contribution >= 4 is 6.09 Å². The molecule has 0 fully saturated rings. The summed E-state index contributed by atoms with van der Waals surface area (Å²) in [6, 6.07) is 0. The summed E-state index contributed by atoms with van der Waals surface area (Å²) in [5.74, 6) is 0. The van der Waals surface area contributed by atoms with Gasteiger partial charge in [0.1, 0.15) is 5.60 Å². The summed E-state index contributed by atoms with van der Waals surface area (Å²) in [7, 11) is 1.61. The van der Waals surface area contributed by atoms with Gasteiger partial charge in [-0.1, -0.05) is 0 Å². The zero-order valence-electron chi connectivity index (χ0n) is 10.7. The Bertz CT molecular complexity index is 201. The maximum Gasteiger partial charge on any atom is 0.410 e. The lowest BCUT2D eigenvalue weighted by atomic mass is 10.2. The summed E-state index contributed by atoms with van der Waals surface area (Å²) in [4.78, 5) is 13.2. The minimum atomic E-state index is -0.508. The minimum absolute atomic E-state index is 0.0633. The molecule has 0 saturated carbocycles. The zero-order chi connectivity index (χ0) is 12.6. The second kappa shape index (κ2) is 7.46. The smallest absolute Gasteiger partial charge is 0.410 e. The maximum absolute atomic E-state index is 11.7. The predicted octanol–water partition coefficient (Wildman–Crippen LogP) is 1.25. The second-order valence-electron chi connectivity index (χ2n) is 4.54. The second-order valence-corrected chi connectivity index (χ2v) is 4.54. The van der Waals surface area contributed by atoms with Crippen LogP contribution in [-0.2, 0) is 9.47 Å². The molecule has 0 bridgehead atoms. The van der Waals surface area contributed by atoms with Gasteiger partial charge in [0.05, 0.1) is 6.61 Å². The quantitative estimate of drug-likeness (QED) is 0.701. The van der Waals surface area contributed by atoms with Gasteiger partial charge in [-0.25, -0.2) is 4.79 Å². The van der Waals surface area contributed by atoms with E-state index in [1.54, 1.807) is 7.11 Å². The number of carbonyl (C=O) groups excluding carboxylic acids is 1. The van der Waals surface area contributed by atoms with Crippen LogP contribution < -0.4 is 0 Å². The maximum atomic E-state index is 11.7. The highest BCUT2D eigenvalue weighted by atomic mass is 16.6. The first-order valence-corrected chi connectivity index (χ1v) is 5.48. The van der Waals surface area contributed by atoms with Crippen molar-refractivity contribution in [2.75, 3.05) is 33.4 Å². The average Bonchev–Trinajstić information content (AvgIpc) is 2.14. The Balaban J connectivity index is 4.12. The van der Waals surface area contributed by atoms with Crippen LogP contribution in [0.15, 0.2) is 0 Å². The molecule has 0 aliphatic carbocycles. The van der Waals surface area contributed by atoms with Crippen LogP contribution in [-0.4, -0.2) is 55.1 Å². The fourth-order valence-corrected chi connectivity index (χ4v) is 1.14. The van der Waals surface area contributed by atoms with Crippen molar-refractivity contribution in [2.45, 2.75) is 32.8 Å². The van der Waals surface area contributed by atoms with Crippen LogP contribution in [0.4, 0.5) is 4.79 Å². The monoisotopic (exact) mass is 233 g/mol. The van der Waals surface area contributed by atoms with Gasteiger partial charge >= 0.3 is 6.09 Å². The first-order valence-electron chi connectivity index (χ1n) is 5.48. The molecule has 1 N–H and O–H groups in total. The molecule has 5 nitrogen and oxygen atoms in total. The third-order valence-corrected chi connectivity index (χ3v) is 1.80. The number of hydrogen-bond acceptors (Lipinski definition) is 4. The average molecular weight is 233 g/mol. The van der Waals surface area contributed by atoms with E-state index in [4.69, 9.17) is 14.6 Å². The molecule has 0 saturated heterocycles. The Morgan fingerprint density at radius 1 is 1.31 bits per heavy atom. The van der Waals surface area contributed by atoms with E-state index < -0.39 is 11.7 Å². The van der Waals surface area contributed by atoms with Crippen molar-refractivity contribution in [3.05, 3.63) is 0 Å². The summed E-state index contributed by atoms with van der Waals surface area (Å²) >= 11 is 0. The fourth-order valence-electron chi connectivity index (χ4n) is 1.14. The van der Waals surface area contributed by atoms with Gasteiger partial charge in [-0.3, -0.25) is 0 Å². The molecule has 0 aromatic carbocycles. The van der Waals surface area contributed by atoms with Crippen LogP contribution in [0, 0.1) is 0 Å². The highest BCUT2D eigenvalue weighted by Gasteiger charge is 2.21. The van der Waals surface area contributed by atoms with Crippen molar-refractivity contribution in [1.29, 1.82) is 0 Å². The van der Waals surface area contributed by atoms with Gasteiger partial charge in [-0.05, 0) is 27.2 Å². The number of rotatable bonds is 6. The molecule has 0 unspecified atom stereocenters. The highest BCUT2D eigenvalue weighted by Crippen LogP contribution is 2.10. The van der Waals surface area contributed by atoms with Crippen LogP contribution >= 0.6 is 0 Å². The molecule has 0 radical (unpaired) electrons. The van der Waals surface area contributed by atoms with Crippen molar-refractivity contribution < 1.29 is 19.4 Å². The van der Waals surface area contributed by atoms with E-state index in [0.29, 0.717) is 19.7 Å². The third-order valence-electron chi connectivity index (χ3n) is 1.80. The van der Waals surface area contributed by atoms with Crippen LogP contribution in [0.25, 0.3) is 0 Å². The summed E-state index contributed by atoms with van der Waals surface area (Å²) in [6.45, 7) is 6.80. The number of amides is 1. The van der Waals surface area contributed by atoms with Crippen LogP contribution in [0.5, 0.6) is 0 Å². The van der Waals surface area contributed by atoms with Crippen molar-refractivity contribution in [3.8, 4) is 0 Å². The van der Waals surface area contributed by atoms with Crippen molar-refractivity contribution in [2.24, 2.45) is 0 Å². The number of carbonyl (C=O) groups is 1. The van der Waals surface area contributed by atoms with Crippen LogP contribution in [0.1, 0.15) is 27.2 Å². The standard InChI is InChI=1S/C11H23NO4/c1-11(2,3)16-10(14)12(7-8-13)6-5-9-15-4/h13H,5-9H2,1-4H3.